The van der Waals surface area contributed by atoms with Gasteiger partial charge in [0.1, 0.15) is 5.82 Å². The van der Waals surface area contributed by atoms with Crippen molar-refractivity contribution in [3.8, 4) is 0 Å². The monoisotopic (exact) mass is 280 g/mol. The Morgan fingerprint density at radius 3 is 2.50 bits per heavy atom. The second-order valence-corrected chi connectivity index (χ2v) is 6.95. The highest BCUT2D eigenvalue weighted by Crippen LogP contribution is 2.47. The maximum atomic E-state index is 14.2. The molecule has 112 valence electrons. The van der Waals surface area contributed by atoms with E-state index in [9.17, 15) is 4.39 Å². The Morgan fingerprint density at radius 2 is 2.00 bits per heavy atom. The van der Waals surface area contributed by atoms with Crippen LogP contribution >= 0.6 is 0 Å². The summed E-state index contributed by atoms with van der Waals surface area (Å²) in [7, 11) is 0. The fourth-order valence-electron chi connectivity index (χ4n) is 3.45. The summed E-state index contributed by atoms with van der Waals surface area (Å²) >= 11 is 0. The molecule has 0 aromatic heterocycles. The molecule has 1 fully saturated rings. The third-order valence-electron chi connectivity index (χ3n) is 4.21. The second-order valence-electron chi connectivity index (χ2n) is 6.95. The summed E-state index contributed by atoms with van der Waals surface area (Å²) in [5.74, 6) is 5.63. The fraction of sp³-hybridized carbons (Fsp3) is 0.625. The lowest BCUT2D eigenvalue weighted by molar-refractivity contribution is -0.0779. The topological polar surface area (TPSA) is 47.3 Å². The van der Waals surface area contributed by atoms with Gasteiger partial charge in [-0.25, -0.2) is 4.39 Å². The quantitative estimate of drug-likeness (QED) is 0.660. The van der Waals surface area contributed by atoms with Crippen LogP contribution in [0.5, 0.6) is 0 Å². The summed E-state index contributed by atoms with van der Waals surface area (Å²) < 4.78 is 20.3. The molecule has 0 spiro atoms. The highest BCUT2D eigenvalue weighted by atomic mass is 19.1. The van der Waals surface area contributed by atoms with E-state index < -0.39 is 0 Å². The van der Waals surface area contributed by atoms with Crippen molar-refractivity contribution in [3.63, 3.8) is 0 Å². The molecule has 2 atom stereocenters. The minimum atomic E-state index is -0.350. The zero-order valence-corrected chi connectivity index (χ0v) is 13.0. The highest BCUT2D eigenvalue weighted by Gasteiger charge is 2.49. The Morgan fingerprint density at radius 1 is 1.35 bits per heavy atom. The van der Waals surface area contributed by atoms with Gasteiger partial charge in [-0.15, -0.1) is 0 Å². The number of ether oxygens (including phenoxy) is 1. The van der Waals surface area contributed by atoms with Crippen LogP contribution in [0.3, 0.4) is 0 Å². The largest absolute Gasteiger partial charge is 0.369 e. The third-order valence-corrected chi connectivity index (χ3v) is 4.21. The number of nitrogens with two attached hydrogens (primary N) is 1. The van der Waals surface area contributed by atoms with Crippen LogP contribution in [0, 0.1) is 18.7 Å². The molecule has 0 saturated carbocycles. The number of hydrogen-bond acceptors (Lipinski definition) is 3. The van der Waals surface area contributed by atoms with Crippen molar-refractivity contribution in [2.75, 3.05) is 0 Å². The molecule has 0 bridgehead atoms. The first-order valence-corrected chi connectivity index (χ1v) is 7.09. The molecule has 2 rings (SSSR count). The lowest BCUT2D eigenvalue weighted by Crippen LogP contribution is -2.41. The van der Waals surface area contributed by atoms with Gasteiger partial charge in [0, 0.05) is 11.5 Å². The van der Waals surface area contributed by atoms with E-state index in [1.165, 1.54) is 6.07 Å². The molecule has 0 amide bonds. The summed E-state index contributed by atoms with van der Waals surface area (Å²) in [5.41, 5.74) is 3.88. The summed E-state index contributed by atoms with van der Waals surface area (Å²) in [4.78, 5) is 0. The number of hydrogen-bond donors (Lipinski definition) is 2. The van der Waals surface area contributed by atoms with Crippen LogP contribution in [0.25, 0.3) is 0 Å². The van der Waals surface area contributed by atoms with Crippen LogP contribution < -0.4 is 11.3 Å². The number of hydrazine groups is 1. The second kappa shape index (κ2) is 5.10. The lowest BCUT2D eigenvalue weighted by Gasteiger charge is -2.33. The fourth-order valence-corrected chi connectivity index (χ4v) is 3.45. The number of rotatable bonds is 3. The SMILES string of the molecule is Cc1ccc(F)c(C(NN)C2CC(C)(C)OC2(C)C)c1. The Labute approximate surface area is 120 Å². The summed E-state index contributed by atoms with van der Waals surface area (Å²) in [6.07, 6.45) is 0.836. The van der Waals surface area contributed by atoms with Gasteiger partial charge in [-0.2, -0.15) is 0 Å². The third kappa shape index (κ3) is 2.87. The number of nitrogens with one attached hydrogen (secondary N) is 1. The van der Waals surface area contributed by atoms with Crippen molar-refractivity contribution in [3.05, 3.63) is 35.1 Å². The van der Waals surface area contributed by atoms with E-state index in [1.807, 2.05) is 26.8 Å². The van der Waals surface area contributed by atoms with E-state index in [-0.39, 0.29) is 29.0 Å². The van der Waals surface area contributed by atoms with Crippen molar-refractivity contribution >= 4 is 0 Å². The number of benzene rings is 1. The Balaban J connectivity index is 2.40. The van der Waals surface area contributed by atoms with Gasteiger partial charge in [-0.3, -0.25) is 11.3 Å². The average Bonchev–Trinajstić information content (AvgIpc) is 2.53. The van der Waals surface area contributed by atoms with Gasteiger partial charge in [0.15, 0.2) is 0 Å². The van der Waals surface area contributed by atoms with Crippen LogP contribution in [0.15, 0.2) is 18.2 Å². The molecular formula is C16H25FN2O. The molecule has 1 heterocycles. The summed E-state index contributed by atoms with van der Waals surface area (Å²) in [6.45, 7) is 10.2. The predicted molar refractivity (Wildman–Crippen MR) is 78.6 cm³/mol. The minimum absolute atomic E-state index is 0.110. The summed E-state index contributed by atoms with van der Waals surface area (Å²) in [5, 5.41) is 0. The first-order valence-electron chi connectivity index (χ1n) is 7.09. The molecule has 0 radical (unpaired) electrons. The summed E-state index contributed by atoms with van der Waals surface area (Å²) in [6, 6.07) is 4.88. The Hall–Kier alpha value is -0.970. The zero-order valence-electron chi connectivity index (χ0n) is 13.0. The van der Waals surface area contributed by atoms with E-state index >= 15 is 0 Å². The van der Waals surface area contributed by atoms with Crippen LogP contribution in [-0.4, -0.2) is 11.2 Å². The molecule has 0 aliphatic carbocycles. The van der Waals surface area contributed by atoms with E-state index in [4.69, 9.17) is 10.6 Å². The molecule has 3 N–H and O–H groups in total. The normalized spacial score (nSPS) is 25.6. The lowest BCUT2D eigenvalue weighted by atomic mass is 9.79. The molecule has 1 aliphatic heterocycles. The Bertz CT molecular complexity index is 499. The maximum Gasteiger partial charge on any atom is 0.128 e. The number of halogens is 1. The maximum absolute atomic E-state index is 14.2. The van der Waals surface area contributed by atoms with Crippen molar-refractivity contribution in [2.45, 2.75) is 58.3 Å². The smallest absolute Gasteiger partial charge is 0.128 e. The molecule has 20 heavy (non-hydrogen) atoms. The van der Waals surface area contributed by atoms with Gasteiger partial charge in [-0.1, -0.05) is 17.7 Å². The first-order chi connectivity index (χ1) is 9.16. The van der Waals surface area contributed by atoms with Crippen LogP contribution in [0.4, 0.5) is 4.39 Å². The molecule has 3 nitrogen and oxygen atoms in total. The Kier molecular flexibility index (Phi) is 3.93. The highest BCUT2D eigenvalue weighted by molar-refractivity contribution is 5.28. The molecular weight excluding hydrogens is 255 g/mol. The van der Waals surface area contributed by atoms with E-state index in [0.717, 1.165) is 12.0 Å². The van der Waals surface area contributed by atoms with Gasteiger partial charge in [0.2, 0.25) is 0 Å². The van der Waals surface area contributed by atoms with Crippen LogP contribution in [0.1, 0.15) is 51.3 Å². The van der Waals surface area contributed by atoms with Crippen LogP contribution in [0.2, 0.25) is 0 Å². The van der Waals surface area contributed by atoms with Gasteiger partial charge < -0.3 is 4.74 Å². The molecule has 1 aliphatic rings. The number of aryl methyl sites for hydroxylation is 1. The van der Waals surface area contributed by atoms with E-state index in [1.54, 1.807) is 6.07 Å². The predicted octanol–water partition coefficient (Wildman–Crippen LogP) is 3.23. The molecule has 2 unspecified atom stereocenters. The molecule has 4 heteroatoms. The zero-order chi connectivity index (χ0) is 15.1. The van der Waals surface area contributed by atoms with Crippen LogP contribution in [-0.2, 0) is 4.74 Å². The van der Waals surface area contributed by atoms with E-state index in [0.29, 0.717) is 5.56 Å². The van der Waals surface area contributed by atoms with E-state index in [2.05, 4.69) is 19.3 Å². The van der Waals surface area contributed by atoms with Crippen molar-refractivity contribution < 1.29 is 9.13 Å². The van der Waals surface area contributed by atoms with Crippen molar-refractivity contribution in [1.82, 2.24) is 5.43 Å². The average molecular weight is 280 g/mol. The van der Waals surface area contributed by atoms with Crippen molar-refractivity contribution in [1.29, 1.82) is 0 Å². The molecule has 1 aromatic carbocycles. The van der Waals surface area contributed by atoms with Crippen molar-refractivity contribution in [2.24, 2.45) is 11.8 Å². The molecule has 1 saturated heterocycles. The van der Waals surface area contributed by atoms with Gasteiger partial charge >= 0.3 is 0 Å². The standard InChI is InChI=1S/C16H25FN2O/c1-10-6-7-13(17)11(8-10)14(19-18)12-9-15(2,3)20-16(12,4)5/h6-8,12,14,19H,9,18H2,1-5H3. The minimum Gasteiger partial charge on any atom is -0.369 e. The first kappa shape index (κ1) is 15.4. The van der Waals surface area contributed by atoms with Gasteiger partial charge in [-0.05, 0) is 47.1 Å². The van der Waals surface area contributed by atoms with Gasteiger partial charge in [0.25, 0.3) is 0 Å². The van der Waals surface area contributed by atoms with Gasteiger partial charge in [0.05, 0.1) is 17.2 Å². The molecule has 1 aromatic rings.